The van der Waals surface area contributed by atoms with Gasteiger partial charge in [-0.3, -0.25) is 9.36 Å². The second-order valence-corrected chi connectivity index (χ2v) is 8.01. The number of nitrogens with one attached hydrogen (secondary N) is 1. The molecule has 1 N–H and O–H groups in total. The minimum atomic E-state index is -0.0572. The maximum atomic E-state index is 12.4. The zero-order valence-corrected chi connectivity index (χ0v) is 16.8. The van der Waals surface area contributed by atoms with E-state index in [4.69, 9.17) is 0 Å². The van der Waals surface area contributed by atoms with Gasteiger partial charge < -0.3 is 10.2 Å². The van der Waals surface area contributed by atoms with Crippen LogP contribution in [-0.4, -0.2) is 40.5 Å². The number of hydrogen-bond acceptors (Lipinski definition) is 5. The van der Waals surface area contributed by atoms with Crippen LogP contribution in [0.1, 0.15) is 24.6 Å². The van der Waals surface area contributed by atoms with Crippen LogP contribution in [0.4, 0.5) is 11.4 Å². The molecule has 1 aromatic heterocycles. The average molecular weight is 394 g/mol. The number of benzene rings is 2. The highest BCUT2D eigenvalue weighted by Gasteiger charge is 2.31. The minimum Gasteiger partial charge on any atom is -0.378 e. The molecule has 1 aliphatic carbocycles. The van der Waals surface area contributed by atoms with E-state index in [0.717, 1.165) is 40.9 Å². The quantitative estimate of drug-likeness (QED) is 0.616. The summed E-state index contributed by atoms with van der Waals surface area (Å²) in [4.78, 5) is 14.4. The summed E-state index contributed by atoms with van der Waals surface area (Å²) in [5.74, 6) is 1.70. The van der Waals surface area contributed by atoms with E-state index in [2.05, 4.69) is 20.1 Å². The molecule has 3 aromatic rings. The Morgan fingerprint density at radius 1 is 1.11 bits per heavy atom. The van der Waals surface area contributed by atoms with Crippen molar-refractivity contribution in [2.45, 2.75) is 23.9 Å². The number of carbonyl (C=O) groups is 1. The topological polar surface area (TPSA) is 63.1 Å². The largest absolute Gasteiger partial charge is 0.378 e. The molecule has 1 heterocycles. The predicted molar refractivity (Wildman–Crippen MR) is 113 cm³/mol. The zero-order chi connectivity index (χ0) is 19.5. The first kappa shape index (κ1) is 18.6. The van der Waals surface area contributed by atoms with Crippen molar-refractivity contribution in [1.82, 2.24) is 14.8 Å². The summed E-state index contributed by atoms with van der Waals surface area (Å²) in [6, 6.07) is 17.9. The van der Waals surface area contributed by atoms with E-state index in [9.17, 15) is 4.79 Å². The SMILES string of the molecule is CN(C)c1ccc(NC(=O)CSc2nnc(C3CC3)n2-c2ccccc2)cc1. The van der Waals surface area contributed by atoms with E-state index in [0.29, 0.717) is 5.92 Å². The Bertz CT molecular complexity index is 949. The zero-order valence-electron chi connectivity index (χ0n) is 16.0. The molecule has 28 heavy (non-hydrogen) atoms. The fourth-order valence-electron chi connectivity index (χ4n) is 2.97. The Labute approximate surface area is 169 Å². The lowest BCUT2D eigenvalue weighted by atomic mass is 10.2. The van der Waals surface area contributed by atoms with E-state index in [1.807, 2.05) is 73.6 Å². The number of thioether (sulfide) groups is 1. The third-order valence-electron chi connectivity index (χ3n) is 4.62. The van der Waals surface area contributed by atoms with Gasteiger partial charge in [0.25, 0.3) is 0 Å². The number of rotatable bonds is 7. The first-order valence-electron chi connectivity index (χ1n) is 9.32. The lowest BCUT2D eigenvalue weighted by molar-refractivity contribution is -0.113. The fourth-order valence-corrected chi connectivity index (χ4v) is 3.73. The van der Waals surface area contributed by atoms with Crippen LogP contribution in [0.3, 0.4) is 0 Å². The maximum absolute atomic E-state index is 12.4. The van der Waals surface area contributed by atoms with Crippen LogP contribution in [0.15, 0.2) is 59.8 Å². The van der Waals surface area contributed by atoms with Crippen LogP contribution < -0.4 is 10.2 Å². The Morgan fingerprint density at radius 2 is 1.82 bits per heavy atom. The van der Waals surface area contributed by atoms with Crippen LogP contribution in [0.2, 0.25) is 0 Å². The Hall–Kier alpha value is -2.80. The van der Waals surface area contributed by atoms with Crippen molar-refractivity contribution in [3.05, 3.63) is 60.4 Å². The molecule has 0 aliphatic heterocycles. The molecule has 0 unspecified atom stereocenters. The number of nitrogens with zero attached hydrogens (tertiary/aromatic N) is 4. The van der Waals surface area contributed by atoms with E-state index in [1.165, 1.54) is 11.8 Å². The molecule has 1 saturated carbocycles. The highest BCUT2D eigenvalue weighted by atomic mass is 32.2. The minimum absolute atomic E-state index is 0.0572. The standard InChI is InChI=1S/C21H23N5OS/c1-25(2)17-12-10-16(11-13-17)22-19(27)14-28-21-24-23-20(15-8-9-15)26(21)18-6-4-3-5-7-18/h3-7,10-13,15H,8-9,14H2,1-2H3,(H,22,27). The average Bonchev–Trinajstić information content (AvgIpc) is 3.47. The van der Waals surface area contributed by atoms with E-state index >= 15 is 0 Å². The monoisotopic (exact) mass is 393 g/mol. The molecule has 4 rings (SSSR count). The molecule has 0 spiro atoms. The smallest absolute Gasteiger partial charge is 0.234 e. The normalized spacial score (nSPS) is 13.4. The lowest BCUT2D eigenvalue weighted by Gasteiger charge is -2.13. The summed E-state index contributed by atoms with van der Waals surface area (Å²) in [6.45, 7) is 0. The first-order valence-corrected chi connectivity index (χ1v) is 10.3. The van der Waals surface area contributed by atoms with E-state index in [1.54, 1.807) is 0 Å². The van der Waals surface area contributed by atoms with Gasteiger partial charge in [0, 0.05) is 37.1 Å². The van der Waals surface area contributed by atoms with Crippen LogP contribution in [-0.2, 0) is 4.79 Å². The van der Waals surface area contributed by atoms with Gasteiger partial charge in [0.15, 0.2) is 5.16 Å². The fraction of sp³-hybridized carbons (Fsp3) is 0.286. The van der Waals surface area contributed by atoms with Gasteiger partial charge in [-0.05, 0) is 49.2 Å². The molecule has 0 atom stereocenters. The molecule has 2 aromatic carbocycles. The molecule has 6 nitrogen and oxygen atoms in total. The maximum Gasteiger partial charge on any atom is 0.234 e. The highest BCUT2D eigenvalue weighted by molar-refractivity contribution is 7.99. The summed E-state index contributed by atoms with van der Waals surface area (Å²) in [5, 5.41) is 12.5. The van der Waals surface area contributed by atoms with Crippen molar-refractivity contribution in [3.63, 3.8) is 0 Å². The first-order chi connectivity index (χ1) is 13.6. The summed E-state index contributed by atoms with van der Waals surface area (Å²) >= 11 is 1.41. The molecule has 0 bridgehead atoms. The van der Waals surface area contributed by atoms with Gasteiger partial charge in [0.1, 0.15) is 5.82 Å². The third-order valence-corrected chi connectivity index (χ3v) is 5.54. The molecule has 0 saturated heterocycles. The number of para-hydroxylation sites is 1. The molecule has 144 valence electrons. The molecule has 0 radical (unpaired) electrons. The number of aromatic nitrogens is 3. The van der Waals surface area contributed by atoms with Crippen LogP contribution in [0, 0.1) is 0 Å². The number of carbonyl (C=O) groups excluding carboxylic acids is 1. The number of amides is 1. The van der Waals surface area contributed by atoms with Gasteiger partial charge in [-0.2, -0.15) is 0 Å². The molecular formula is C21H23N5OS. The lowest BCUT2D eigenvalue weighted by Crippen LogP contribution is -2.15. The van der Waals surface area contributed by atoms with Crippen molar-refractivity contribution < 1.29 is 4.79 Å². The van der Waals surface area contributed by atoms with Crippen molar-refractivity contribution in [2.24, 2.45) is 0 Å². The summed E-state index contributed by atoms with van der Waals surface area (Å²) < 4.78 is 2.08. The van der Waals surface area contributed by atoms with Gasteiger partial charge in [0.2, 0.25) is 5.91 Å². The van der Waals surface area contributed by atoms with Gasteiger partial charge >= 0.3 is 0 Å². The summed E-state index contributed by atoms with van der Waals surface area (Å²) in [5.41, 5.74) is 2.92. The van der Waals surface area contributed by atoms with Crippen molar-refractivity contribution >= 4 is 29.0 Å². The van der Waals surface area contributed by atoms with Crippen LogP contribution >= 0.6 is 11.8 Å². The second-order valence-electron chi connectivity index (χ2n) is 7.06. The van der Waals surface area contributed by atoms with E-state index < -0.39 is 0 Å². The Morgan fingerprint density at radius 3 is 2.46 bits per heavy atom. The Kier molecular flexibility index (Phi) is 5.34. The Balaban J connectivity index is 1.44. The van der Waals surface area contributed by atoms with Crippen LogP contribution in [0.25, 0.3) is 5.69 Å². The van der Waals surface area contributed by atoms with Gasteiger partial charge in [-0.25, -0.2) is 0 Å². The molecule has 1 fully saturated rings. The summed E-state index contributed by atoms with van der Waals surface area (Å²) in [6.07, 6.45) is 2.30. The molecule has 7 heteroatoms. The van der Waals surface area contributed by atoms with Gasteiger partial charge in [-0.15, -0.1) is 10.2 Å². The van der Waals surface area contributed by atoms with Crippen molar-refractivity contribution in [3.8, 4) is 5.69 Å². The molecule has 1 aliphatic rings. The van der Waals surface area contributed by atoms with Gasteiger partial charge in [-0.1, -0.05) is 30.0 Å². The predicted octanol–water partition coefficient (Wildman–Crippen LogP) is 3.94. The van der Waals surface area contributed by atoms with Crippen molar-refractivity contribution in [2.75, 3.05) is 30.1 Å². The number of anilines is 2. The molecule has 1 amide bonds. The third kappa shape index (κ3) is 4.20. The second kappa shape index (κ2) is 8.06. The van der Waals surface area contributed by atoms with Crippen LogP contribution in [0.5, 0.6) is 0 Å². The van der Waals surface area contributed by atoms with Crippen molar-refractivity contribution in [1.29, 1.82) is 0 Å². The summed E-state index contributed by atoms with van der Waals surface area (Å²) in [7, 11) is 3.98. The van der Waals surface area contributed by atoms with Gasteiger partial charge in [0.05, 0.1) is 5.75 Å². The van der Waals surface area contributed by atoms with E-state index in [-0.39, 0.29) is 11.7 Å². The molecular weight excluding hydrogens is 370 g/mol. The number of hydrogen-bond donors (Lipinski definition) is 1. The highest BCUT2D eigenvalue weighted by Crippen LogP contribution is 2.41.